The molecular formula is C12H11N7O. The van der Waals surface area contributed by atoms with E-state index in [-0.39, 0.29) is 5.91 Å². The molecule has 0 fully saturated rings. The highest BCUT2D eigenvalue weighted by molar-refractivity contribution is 6.03. The number of nitrogens with zero attached hydrogens (tertiary/aromatic N) is 6. The van der Waals surface area contributed by atoms with Crippen LogP contribution in [-0.4, -0.2) is 35.9 Å². The van der Waals surface area contributed by atoms with Gasteiger partial charge in [-0.15, -0.1) is 5.10 Å². The molecule has 8 heteroatoms. The summed E-state index contributed by atoms with van der Waals surface area (Å²) in [6.45, 7) is 0. The van der Waals surface area contributed by atoms with Crippen molar-refractivity contribution in [1.29, 1.82) is 0 Å². The van der Waals surface area contributed by atoms with Crippen molar-refractivity contribution in [3.05, 3.63) is 48.4 Å². The Morgan fingerprint density at radius 2 is 2.00 bits per heavy atom. The second-order valence-corrected chi connectivity index (χ2v) is 4.13. The minimum Gasteiger partial charge on any atom is -0.305 e. The third kappa shape index (κ3) is 2.39. The highest BCUT2D eigenvalue weighted by Crippen LogP contribution is 2.10. The van der Waals surface area contributed by atoms with Gasteiger partial charge < -0.3 is 5.32 Å². The summed E-state index contributed by atoms with van der Waals surface area (Å²) in [4.78, 5) is 12.0. The maximum atomic E-state index is 12.0. The van der Waals surface area contributed by atoms with Crippen LogP contribution in [0.2, 0.25) is 0 Å². The van der Waals surface area contributed by atoms with E-state index in [0.29, 0.717) is 11.4 Å². The number of benzene rings is 1. The quantitative estimate of drug-likeness (QED) is 0.753. The third-order valence-corrected chi connectivity index (χ3v) is 2.70. The molecule has 8 nitrogen and oxygen atoms in total. The molecule has 0 unspecified atom stereocenters. The maximum Gasteiger partial charge on any atom is 0.256 e. The van der Waals surface area contributed by atoms with E-state index < -0.39 is 0 Å². The Morgan fingerprint density at radius 3 is 2.60 bits per heavy atom. The maximum absolute atomic E-state index is 12.0. The molecule has 2 heterocycles. The van der Waals surface area contributed by atoms with Crippen molar-refractivity contribution in [2.24, 2.45) is 7.05 Å². The fourth-order valence-corrected chi connectivity index (χ4v) is 1.72. The standard InChI is InChI=1S/C12H11N7O/c1-18-7-6-11(15-18)14-12(20)9-2-4-10(5-3-9)19-8-13-16-17-19/h2-8H,1H3,(H,14,15,20). The van der Waals surface area contributed by atoms with Gasteiger partial charge in [-0.1, -0.05) is 0 Å². The van der Waals surface area contributed by atoms with E-state index in [2.05, 4.69) is 25.9 Å². The summed E-state index contributed by atoms with van der Waals surface area (Å²) in [5, 5.41) is 17.7. The molecular weight excluding hydrogens is 258 g/mol. The molecule has 0 aliphatic carbocycles. The van der Waals surface area contributed by atoms with E-state index in [1.165, 1.54) is 11.0 Å². The Morgan fingerprint density at radius 1 is 1.20 bits per heavy atom. The Balaban J connectivity index is 1.75. The summed E-state index contributed by atoms with van der Waals surface area (Å²) < 4.78 is 3.14. The van der Waals surface area contributed by atoms with Crippen molar-refractivity contribution in [2.75, 3.05) is 5.32 Å². The van der Waals surface area contributed by atoms with E-state index in [1.54, 1.807) is 48.3 Å². The van der Waals surface area contributed by atoms with Crippen molar-refractivity contribution in [2.45, 2.75) is 0 Å². The molecule has 0 aliphatic heterocycles. The van der Waals surface area contributed by atoms with Gasteiger partial charge in [0, 0.05) is 24.9 Å². The van der Waals surface area contributed by atoms with Crippen LogP contribution in [0.3, 0.4) is 0 Å². The first kappa shape index (κ1) is 12.0. The number of nitrogens with one attached hydrogen (secondary N) is 1. The van der Waals surface area contributed by atoms with E-state index in [0.717, 1.165) is 5.69 Å². The van der Waals surface area contributed by atoms with Crippen LogP contribution >= 0.6 is 0 Å². The summed E-state index contributed by atoms with van der Waals surface area (Å²) in [5.41, 5.74) is 1.32. The average Bonchev–Trinajstić information content (AvgIpc) is 3.11. The van der Waals surface area contributed by atoms with E-state index in [4.69, 9.17) is 0 Å². The molecule has 0 aliphatic rings. The lowest BCUT2D eigenvalue weighted by Gasteiger charge is -2.03. The molecule has 0 atom stereocenters. The summed E-state index contributed by atoms with van der Waals surface area (Å²) in [5.74, 6) is 0.300. The zero-order valence-electron chi connectivity index (χ0n) is 10.6. The number of carbonyl (C=O) groups is 1. The zero-order valence-corrected chi connectivity index (χ0v) is 10.6. The highest BCUT2D eigenvalue weighted by atomic mass is 16.1. The lowest BCUT2D eigenvalue weighted by molar-refractivity contribution is 0.102. The Hall–Kier alpha value is -3.03. The van der Waals surface area contributed by atoms with Crippen LogP contribution in [0.4, 0.5) is 5.82 Å². The number of tetrazole rings is 1. The second-order valence-electron chi connectivity index (χ2n) is 4.13. The lowest BCUT2D eigenvalue weighted by Crippen LogP contribution is -2.12. The third-order valence-electron chi connectivity index (χ3n) is 2.70. The number of aryl methyl sites for hydroxylation is 1. The van der Waals surface area contributed by atoms with Crippen LogP contribution in [0, 0.1) is 0 Å². The van der Waals surface area contributed by atoms with Crippen LogP contribution in [0.5, 0.6) is 0 Å². The normalized spacial score (nSPS) is 10.4. The van der Waals surface area contributed by atoms with Gasteiger partial charge in [-0.3, -0.25) is 9.48 Å². The molecule has 100 valence electrons. The molecule has 1 amide bonds. The first-order chi connectivity index (χ1) is 9.72. The number of anilines is 1. The topological polar surface area (TPSA) is 90.5 Å². The molecule has 3 rings (SSSR count). The molecule has 0 spiro atoms. The molecule has 3 aromatic rings. The van der Waals surface area contributed by atoms with Gasteiger partial charge in [-0.05, 0) is 34.7 Å². The Bertz CT molecular complexity index is 715. The number of hydrogen-bond acceptors (Lipinski definition) is 5. The van der Waals surface area contributed by atoms with Crippen molar-refractivity contribution in [3.63, 3.8) is 0 Å². The van der Waals surface area contributed by atoms with Gasteiger partial charge in [-0.2, -0.15) is 5.10 Å². The first-order valence-electron chi connectivity index (χ1n) is 5.87. The number of rotatable bonds is 3. The number of amides is 1. The monoisotopic (exact) mass is 269 g/mol. The minimum atomic E-state index is -0.216. The van der Waals surface area contributed by atoms with Crippen molar-refractivity contribution < 1.29 is 4.79 Å². The van der Waals surface area contributed by atoms with Crippen LogP contribution in [-0.2, 0) is 7.05 Å². The van der Waals surface area contributed by atoms with E-state index in [1.807, 2.05) is 0 Å². The molecule has 0 saturated heterocycles. The van der Waals surface area contributed by atoms with Gasteiger partial charge in [0.15, 0.2) is 5.82 Å². The SMILES string of the molecule is Cn1ccc(NC(=O)c2ccc(-n3cnnn3)cc2)n1. The summed E-state index contributed by atoms with van der Waals surface area (Å²) >= 11 is 0. The molecule has 0 bridgehead atoms. The number of aromatic nitrogens is 6. The van der Waals surface area contributed by atoms with Gasteiger partial charge >= 0.3 is 0 Å². The van der Waals surface area contributed by atoms with Gasteiger partial charge in [0.2, 0.25) is 0 Å². The molecule has 0 radical (unpaired) electrons. The Kier molecular flexibility index (Phi) is 2.96. The predicted molar refractivity (Wildman–Crippen MR) is 70.3 cm³/mol. The molecule has 1 aromatic carbocycles. The summed E-state index contributed by atoms with van der Waals surface area (Å²) in [6.07, 6.45) is 3.25. The fraction of sp³-hybridized carbons (Fsp3) is 0.0833. The van der Waals surface area contributed by atoms with Gasteiger partial charge in [0.25, 0.3) is 5.91 Å². The molecule has 2 aromatic heterocycles. The largest absolute Gasteiger partial charge is 0.305 e. The summed E-state index contributed by atoms with van der Waals surface area (Å²) in [6, 6.07) is 8.67. The molecule has 0 saturated carbocycles. The highest BCUT2D eigenvalue weighted by Gasteiger charge is 2.08. The predicted octanol–water partition coefficient (Wildman–Crippen LogP) is 0.648. The van der Waals surface area contributed by atoms with Crippen molar-refractivity contribution >= 4 is 11.7 Å². The van der Waals surface area contributed by atoms with E-state index in [9.17, 15) is 4.79 Å². The first-order valence-corrected chi connectivity index (χ1v) is 5.87. The molecule has 1 N–H and O–H groups in total. The van der Waals surface area contributed by atoms with Gasteiger partial charge in [0.1, 0.15) is 6.33 Å². The van der Waals surface area contributed by atoms with Gasteiger partial charge in [0.05, 0.1) is 5.69 Å². The number of carbonyl (C=O) groups excluding carboxylic acids is 1. The Labute approximate surface area is 114 Å². The van der Waals surface area contributed by atoms with Crippen molar-refractivity contribution in [3.8, 4) is 5.69 Å². The molecule has 20 heavy (non-hydrogen) atoms. The van der Waals surface area contributed by atoms with Crippen LogP contribution in [0.25, 0.3) is 5.69 Å². The van der Waals surface area contributed by atoms with Crippen LogP contribution in [0.1, 0.15) is 10.4 Å². The summed E-state index contributed by atoms with van der Waals surface area (Å²) in [7, 11) is 1.79. The lowest BCUT2D eigenvalue weighted by atomic mass is 10.2. The van der Waals surface area contributed by atoms with Gasteiger partial charge in [-0.25, -0.2) is 4.68 Å². The zero-order chi connectivity index (χ0) is 13.9. The average molecular weight is 269 g/mol. The minimum absolute atomic E-state index is 0.216. The van der Waals surface area contributed by atoms with Crippen LogP contribution in [0.15, 0.2) is 42.9 Å². The smallest absolute Gasteiger partial charge is 0.256 e. The van der Waals surface area contributed by atoms with Crippen molar-refractivity contribution in [1.82, 2.24) is 30.0 Å². The second kappa shape index (κ2) is 4.92. The van der Waals surface area contributed by atoms with Crippen LogP contribution < -0.4 is 5.32 Å². The fourth-order valence-electron chi connectivity index (χ4n) is 1.72. The number of hydrogen-bond donors (Lipinski definition) is 1. The van der Waals surface area contributed by atoms with E-state index >= 15 is 0 Å².